The number of esters is 1. The molecule has 0 bridgehead atoms. The molecule has 222 valence electrons. The van der Waals surface area contributed by atoms with Crippen LogP contribution in [0.3, 0.4) is 0 Å². The van der Waals surface area contributed by atoms with Gasteiger partial charge in [0.2, 0.25) is 5.91 Å². The maximum Gasteiger partial charge on any atom is 0.325 e. The normalized spacial score (nSPS) is 21.8. The molecule has 1 unspecified atom stereocenters. The number of benzene rings is 1. The molecule has 0 heterocycles. The smallest absolute Gasteiger partial charge is 0.325 e. The largest absolute Gasteiger partial charge is 0.487 e. The van der Waals surface area contributed by atoms with E-state index in [0.29, 0.717) is 31.1 Å². The number of para-hydroxylation sites is 1. The lowest BCUT2D eigenvalue weighted by atomic mass is 9.89. The number of unbranched alkanes of at least 4 members (excludes halogenated alkanes) is 1. The van der Waals surface area contributed by atoms with E-state index in [-0.39, 0.29) is 25.3 Å². The van der Waals surface area contributed by atoms with Crippen LogP contribution in [0, 0.1) is 22.0 Å². The van der Waals surface area contributed by atoms with Gasteiger partial charge in [0.1, 0.15) is 25.0 Å². The number of allylic oxidation sites excluding steroid dienone is 2. The van der Waals surface area contributed by atoms with Gasteiger partial charge < -0.3 is 29.8 Å². The van der Waals surface area contributed by atoms with E-state index >= 15 is 0 Å². The van der Waals surface area contributed by atoms with Crippen molar-refractivity contribution in [2.45, 2.75) is 63.3 Å². The van der Waals surface area contributed by atoms with Crippen molar-refractivity contribution in [3.05, 3.63) is 64.8 Å². The van der Waals surface area contributed by atoms with Crippen LogP contribution in [0.15, 0.2) is 54.6 Å². The molecule has 0 saturated heterocycles. The highest BCUT2D eigenvalue weighted by molar-refractivity contribution is 5.81. The zero-order valence-corrected chi connectivity index (χ0v) is 22.2. The van der Waals surface area contributed by atoms with E-state index in [2.05, 4.69) is 10.2 Å². The summed E-state index contributed by atoms with van der Waals surface area (Å²) in [6.45, 7) is -0.234. The number of aliphatic hydroxyl groups excluding tert-OH is 2. The predicted octanol–water partition coefficient (Wildman–Crippen LogP) is 2.99. The molecule has 13 heteroatoms. The van der Waals surface area contributed by atoms with Crippen molar-refractivity contribution in [1.29, 1.82) is 0 Å². The molecule has 0 aromatic heterocycles. The number of hydrogen-bond acceptors (Lipinski definition) is 9. The van der Waals surface area contributed by atoms with Crippen LogP contribution < -0.4 is 10.1 Å². The Kier molecular flexibility index (Phi) is 13.5. The third kappa shape index (κ3) is 12.5. The third-order valence-corrected chi connectivity index (χ3v) is 6.18. The standard InChI is InChI=1S/C27H36F2N2O9/c1-19(17-39-31(36)37)40-26(35)16-30-25(34)12-8-3-2-7-11-21-22(24(33)15-23(21)32)13-14-27(28,29)18-38-20-9-5-4-6-10-20/h2,4-7,9-10,13-14,19,21-24,32-33H,3,8,11-12,15-18H2,1H3,(H,30,34)/b7-2-,14-13+/t19?,21-,22-,23+,24-/m1/s1. The minimum absolute atomic E-state index is 0.0870. The Morgan fingerprint density at radius 3 is 2.65 bits per heavy atom. The van der Waals surface area contributed by atoms with E-state index in [1.165, 1.54) is 13.0 Å². The lowest BCUT2D eigenvalue weighted by Crippen LogP contribution is -2.33. The van der Waals surface area contributed by atoms with Gasteiger partial charge in [0.25, 0.3) is 11.0 Å². The molecule has 1 aliphatic rings. The number of carbonyl (C=O) groups excluding carboxylic acids is 2. The Morgan fingerprint density at radius 2 is 1.95 bits per heavy atom. The maximum absolute atomic E-state index is 14.3. The number of alkyl halides is 2. The number of ether oxygens (including phenoxy) is 2. The van der Waals surface area contributed by atoms with Crippen molar-refractivity contribution in [3.63, 3.8) is 0 Å². The van der Waals surface area contributed by atoms with E-state index in [1.54, 1.807) is 42.5 Å². The topological polar surface area (TPSA) is 157 Å². The second-order valence-corrected chi connectivity index (χ2v) is 9.53. The van der Waals surface area contributed by atoms with Crippen LogP contribution in [0.2, 0.25) is 0 Å². The van der Waals surface area contributed by atoms with Gasteiger partial charge in [-0.1, -0.05) is 36.4 Å². The Balaban J connectivity index is 1.70. The minimum atomic E-state index is -3.26. The number of nitrogens with one attached hydrogen (secondary N) is 1. The number of hydrogen-bond donors (Lipinski definition) is 3. The molecule has 1 aromatic rings. The second kappa shape index (κ2) is 16.5. The summed E-state index contributed by atoms with van der Waals surface area (Å²) in [6.07, 6.45) is 4.48. The van der Waals surface area contributed by atoms with Gasteiger partial charge in [0.05, 0.1) is 12.2 Å². The molecule has 5 atom stereocenters. The number of carbonyl (C=O) groups is 2. The van der Waals surface area contributed by atoms with Crippen LogP contribution in [0.4, 0.5) is 8.78 Å². The van der Waals surface area contributed by atoms with Crippen molar-refractivity contribution in [3.8, 4) is 5.75 Å². The first-order chi connectivity index (χ1) is 19.0. The number of amides is 1. The second-order valence-electron chi connectivity index (χ2n) is 9.53. The molecule has 0 aliphatic heterocycles. The zero-order chi connectivity index (χ0) is 29.5. The van der Waals surface area contributed by atoms with Crippen molar-refractivity contribution < 1.29 is 48.0 Å². The summed E-state index contributed by atoms with van der Waals surface area (Å²) in [4.78, 5) is 37.8. The quantitative estimate of drug-likeness (QED) is 0.0842. The number of aliphatic hydroxyl groups is 2. The molecule has 40 heavy (non-hydrogen) atoms. The summed E-state index contributed by atoms with van der Waals surface area (Å²) in [6, 6.07) is 8.25. The highest BCUT2D eigenvalue weighted by Crippen LogP contribution is 2.37. The average Bonchev–Trinajstić information content (AvgIpc) is 3.18. The Labute approximate surface area is 230 Å². The summed E-state index contributed by atoms with van der Waals surface area (Å²) in [5.74, 6) is -5.17. The molecule has 3 N–H and O–H groups in total. The molecule has 1 amide bonds. The van der Waals surface area contributed by atoms with Crippen LogP contribution in [0.25, 0.3) is 0 Å². The molecule has 2 rings (SSSR count). The SMILES string of the molecule is CC(CO[N+](=O)[O-])OC(=O)CNC(=O)CCC/C=C\C[C@@H]1[C@@H](/C=C/C(F)(F)COc2ccccc2)[C@H](O)C[C@@H]1O. The van der Waals surface area contributed by atoms with Gasteiger partial charge in [-0.15, -0.1) is 10.1 Å². The first-order valence-corrected chi connectivity index (χ1v) is 13.0. The van der Waals surface area contributed by atoms with Crippen LogP contribution in [0.5, 0.6) is 5.75 Å². The van der Waals surface area contributed by atoms with Crippen LogP contribution >= 0.6 is 0 Å². The third-order valence-electron chi connectivity index (χ3n) is 6.18. The van der Waals surface area contributed by atoms with Gasteiger partial charge >= 0.3 is 5.97 Å². The summed E-state index contributed by atoms with van der Waals surface area (Å²) in [5, 5.41) is 32.2. The monoisotopic (exact) mass is 570 g/mol. The average molecular weight is 571 g/mol. The highest BCUT2D eigenvalue weighted by atomic mass is 19.3. The van der Waals surface area contributed by atoms with Gasteiger partial charge in [-0.3, -0.25) is 9.59 Å². The van der Waals surface area contributed by atoms with Gasteiger partial charge in [0.15, 0.2) is 6.61 Å². The fourth-order valence-corrected chi connectivity index (χ4v) is 4.18. The predicted molar refractivity (Wildman–Crippen MR) is 139 cm³/mol. The molecule has 1 aromatic carbocycles. The van der Waals surface area contributed by atoms with Crippen molar-refractivity contribution in [1.82, 2.24) is 5.32 Å². The Bertz CT molecular complexity index is 1010. The summed E-state index contributed by atoms with van der Waals surface area (Å²) < 4.78 is 38.7. The maximum atomic E-state index is 14.3. The van der Waals surface area contributed by atoms with Crippen LogP contribution in [-0.2, 0) is 19.2 Å². The molecule has 0 radical (unpaired) electrons. The minimum Gasteiger partial charge on any atom is -0.487 e. The van der Waals surface area contributed by atoms with E-state index in [0.717, 1.165) is 0 Å². The first-order valence-electron chi connectivity index (χ1n) is 13.0. The summed E-state index contributed by atoms with van der Waals surface area (Å²) in [7, 11) is 0. The van der Waals surface area contributed by atoms with Gasteiger partial charge in [-0.2, -0.15) is 8.78 Å². The molecule has 11 nitrogen and oxygen atoms in total. The molecular formula is C27H36F2N2O9. The fraction of sp³-hybridized carbons (Fsp3) is 0.556. The van der Waals surface area contributed by atoms with Crippen LogP contribution in [-0.4, -0.2) is 71.2 Å². The lowest BCUT2D eigenvalue weighted by Gasteiger charge is -2.20. The van der Waals surface area contributed by atoms with Gasteiger partial charge in [-0.05, 0) is 50.3 Å². The zero-order valence-electron chi connectivity index (χ0n) is 22.2. The summed E-state index contributed by atoms with van der Waals surface area (Å²) in [5.41, 5.74) is 0. The van der Waals surface area contributed by atoms with Crippen molar-refractivity contribution >= 4 is 11.9 Å². The van der Waals surface area contributed by atoms with Crippen LogP contribution in [0.1, 0.15) is 39.0 Å². The molecule has 1 aliphatic carbocycles. The number of halogens is 2. The Morgan fingerprint density at radius 1 is 1.23 bits per heavy atom. The van der Waals surface area contributed by atoms with Crippen molar-refractivity contribution in [2.24, 2.45) is 11.8 Å². The molecule has 1 fully saturated rings. The summed E-state index contributed by atoms with van der Waals surface area (Å²) >= 11 is 0. The van der Waals surface area contributed by atoms with E-state index in [9.17, 15) is 38.7 Å². The van der Waals surface area contributed by atoms with E-state index in [4.69, 9.17) is 9.47 Å². The first kappa shape index (κ1) is 32.6. The van der Waals surface area contributed by atoms with E-state index < -0.39 is 60.3 Å². The molecule has 1 saturated carbocycles. The number of nitrogens with zero attached hydrogens (tertiary/aromatic N) is 1. The fourth-order valence-electron chi connectivity index (χ4n) is 4.18. The molecular weight excluding hydrogens is 534 g/mol. The Hall–Kier alpha value is -3.58. The highest BCUT2D eigenvalue weighted by Gasteiger charge is 2.40. The lowest BCUT2D eigenvalue weighted by molar-refractivity contribution is -0.759. The van der Waals surface area contributed by atoms with Gasteiger partial charge in [0, 0.05) is 18.8 Å². The molecule has 0 spiro atoms. The van der Waals surface area contributed by atoms with Crippen molar-refractivity contribution in [2.75, 3.05) is 19.8 Å². The number of rotatable bonds is 17. The van der Waals surface area contributed by atoms with Gasteiger partial charge in [-0.25, -0.2) is 0 Å². The van der Waals surface area contributed by atoms with E-state index in [1.807, 2.05) is 0 Å².